The van der Waals surface area contributed by atoms with E-state index in [0.717, 1.165) is 22.6 Å². The number of carbonyl (C=O) groups excluding carboxylic acids is 1. The molecule has 23 heavy (non-hydrogen) atoms. The smallest absolute Gasteiger partial charge is 0.343 e. The standard InChI is InChI=1S/C20H14O3/c21-20(14-7-2-1-3-8-14)23-19-12-6-11-18-16(19)13-15-9-4-5-10-17(15)22-18/h1-12H,13H2. The Kier molecular flexibility index (Phi) is 3.31. The minimum Gasteiger partial charge on any atom is -0.457 e. The number of fused-ring (bicyclic) bond motifs is 2. The monoisotopic (exact) mass is 302 g/mol. The van der Waals surface area contributed by atoms with Gasteiger partial charge in [0.25, 0.3) is 0 Å². The van der Waals surface area contributed by atoms with Gasteiger partial charge >= 0.3 is 5.97 Å². The van der Waals surface area contributed by atoms with Crippen molar-refractivity contribution in [3.63, 3.8) is 0 Å². The van der Waals surface area contributed by atoms with Gasteiger partial charge < -0.3 is 9.47 Å². The largest absolute Gasteiger partial charge is 0.457 e. The third-order valence-electron chi connectivity index (χ3n) is 3.86. The molecule has 0 unspecified atom stereocenters. The molecule has 3 nitrogen and oxygen atoms in total. The maximum atomic E-state index is 12.3. The number of hydrogen-bond acceptors (Lipinski definition) is 3. The van der Waals surface area contributed by atoms with Crippen LogP contribution >= 0.6 is 0 Å². The fourth-order valence-corrected chi connectivity index (χ4v) is 2.70. The van der Waals surface area contributed by atoms with Gasteiger partial charge in [0.05, 0.1) is 5.56 Å². The van der Waals surface area contributed by atoms with Crippen LogP contribution in [0.15, 0.2) is 72.8 Å². The van der Waals surface area contributed by atoms with Crippen molar-refractivity contribution in [3.8, 4) is 17.2 Å². The highest BCUT2D eigenvalue weighted by Gasteiger charge is 2.21. The van der Waals surface area contributed by atoms with Gasteiger partial charge in [-0.15, -0.1) is 0 Å². The fourth-order valence-electron chi connectivity index (χ4n) is 2.70. The van der Waals surface area contributed by atoms with E-state index in [4.69, 9.17) is 9.47 Å². The second-order valence-electron chi connectivity index (χ2n) is 5.37. The molecule has 0 aromatic heterocycles. The van der Waals surface area contributed by atoms with Crippen molar-refractivity contribution in [3.05, 3.63) is 89.5 Å². The predicted molar refractivity (Wildman–Crippen MR) is 87.2 cm³/mol. The van der Waals surface area contributed by atoms with E-state index in [9.17, 15) is 4.79 Å². The summed E-state index contributed by atoms with van der Waals surface area (Å²) < 4.78 is 11.5. The lowest BCUT2D eigenvalue weighted by Gasteiger charge is -2.22. The first-order valence-corrected chi connectivity index (χ1v) is 7.46. The first-order chi connectivity index (χ1) is 11.3. The van der Waals surface area contributed by atoms with Crippen LogP contribution in [0.25, 0.3) is 0 Å². The van der Waals surface area contributed by atoms with Gasteiger partial charge in [0, 0.05) is 12.0 Å². The lowest BCUT2D eigenvalue weighted by Crippen LogP contribution is -2.11. The van der Waals surface area contributed by atoms with E-state index in [1.165, 1.54) is 0 Å². The van der Waals surface area contributed by atoms with Crippen LogP contribution in [0.5, 0.6) is 17.2 Å². The van der Waals surface area contributed by atoms with E-state index >= 15 is 0 Å². The zero-order valence-electron chi connectivity index (χ0n) is 12.4. The summed E-state index contributed by atoms with van der Waals surface area (Å²) in [5.74, 6) is 1.78. The summed E-state index contributed by atoms with van der Waals surface area (Å²) in [6.07, 6.45) is 0.684. The molecule has 1 aliphatic rings. The van der Waals surface area contributed by atoms with E-state index in [0.29, 0.717) is 17.7 Å². The minimum atomic E-state index is -0.363. The molecule has 3 heteroatoms. The molecule has 0 radical (unpaired) electrons. The zero-order chi connectivity index (χ0) is 15.6. The number of para-hydroxylation sites is 1. The van der Waals surface area contributed by atoms with Gasteiger partial charge in [0.2, 0.25) is 0 Å². The van der Waals surface area contributed by atoms with Crippen LogP contribution in [0.1, 0.15) is 21.5 Å². The Balaban J connectivity index is 1.66. The van der Waals surface area contributed by atoms with E-state index in [-0.39, 0.29) is 5.97 Å². The summed E-state index contributed by atoms with van der Waals surface area (Å²) in [5, 5.41) is 0. The molecule has 0 amide bonds. The van der Waals surface area contributed by atoms with Crippen LogP contribution in [0, 0.1) is 0 Å². The van der Waals surface area contributed by atoms with Crippen molar-refractivity contribution in [2.75, 3.05) is 0 Å². The Morgan fingerprint density at radius 2 is 1.57 bits per heavy atom. The second kappa shape index (κ2) is 5.61. The van der Waals surface area contributed by atoms with Crippen LogP contribution in [0.3, 0.4) is 0 Å². The molecule has 3 aromatic rings. The summed E-state index contributed by atoms with van der Waals surface area (Å²) in [5.41, 5.74) is 2.51. The topological polar surface area (TPSA) is 35.5 Å². The highest BCUT2D eigenvalue weighted by atomic mass is 16.5. The second-order valence-corrected chi connectivity index (χ2v) is 5.37. The molecule has 0 bridgehead atoms. The molecule has 1 heterocycles. The molecular formula is C20H14O3. The summed E-state index contributed by atoms with van der Waals surface area (Å²) in [6.45, 7) is 0. The third-order valence-corrected chi connectivity index (χ3v) is 3.86. The maximum Gasteiger partial charge on any atom is 0.343 e. The summed E-state index contributed by atoms with van der Waals surface area (Å²) >= 11 is 0. The van der Waals surface area contributed by atoms with E-state index in [1.807, 2.05) is 54.6 Å². The summed E-state index contributed by atoms with van der Waals surface area (Å²) in [6, 6.07) is 22.4. The van der Waals surface area contributed by atoms with E-state index in [1.54, 1.807) is 18.2 Å². The van der Waals surface area contributed by atoms with Crippen molar-refractivity contribution in [1.29, 1.82) is 0 Å². The van der Waals surface area contributed by atoms with Crippen LogP contribution in [0.2, 0.25) is 0 Å². The summed E-state index contributed by atoms with van der Waals surface area (Å²) in [4.78, 5) is 12.3. The molecule has 0 N–H and O–H groups in total. The number of rotatable bonds is 2. The van der Waals surface area contributed by atoms with Crippen molar-refractivity contribution in [1.82, 2.24) is 0 Å². The normalized spacial score (nSPS) is 11.8. The zero-order valence-corrected chi connectivity index (χ0v) is 12.4. The van der Waals surface area contributed by atoms with Crippen molar-refractivity contribution < 1.29 is 14.3 Å². The quantitative estimate of drug-likeness (QED) is 0.401. The Morgan fingerprint density at radius 3 is 2.43 bits per heavy atom. The molecule has 0 spiro atoms. The van der Waals surface area contributed by atoms with E-state index in [2.05, 4.69) is 0 Å². The Hall–Kier alpha value is -3.07. The Bertz CT molecular complexity index is 869. The van der Waals surface area contributed by atoms with Crippen LogP contribution < -0.4 is 9.47 Å². The number of benzene rings is 3. The molecule has 4 rings (SSSR count). The van der Waals surface area contributed by atoms with Crippen LogP contribution in [-0.4, -0.2) is 5.97 Å². The molecule has 3 aromatic carbocycles. The van der Waals surface area contributed by atoms with Crippen molar-refractivity contribution in [2.24, 2.45) is 0 Å². The Labute approximate surface area is 134 Å². The maximum absolute atomic E-state index is 12.3. The Morgan fingerprint density at radius 1 is 0.826 bits per heavy atom. The predicted octanol–water partition coefficient (Wildman–Crippen LogP) is 4.60. The fraction of sp³-hybridized carbons (Fsp3) is 0.0500. The van der Waals surface area contributed by atoms with Gasteiger partial charge in [-0.3, -0.25) is 0 Å². The van der Waals surface area contributed by atoms with Gasteiger partial charge in [0.1, 0.15) is 17.2 Å². The molecule has 0 fully saturated rings. The lowest BCUT2D eigenvalue weighted by molar-refractivity contribution is 0.0733. The van der Waals surface area contributed by atoms with Crippen LogP contribution in [0.4, 0.5) is 0 Å². The number of ether oxygens (including phenoxy) is 2. The summed E-state index contributed by atoms with van der Waals surface area (Å²) in [7, 11) is 0. The average Bonchev–Trinajstić information content (AvgIpc) is 2.61. The van der Waals surface area contributed by atoms with Crippen LogP contribution in [-0.2, 0) is 6.42 Å². The van der Waals surface area contributed by atoms with Crippen molar-refractivity contribution >= 4 is 5.97 Å². The molecule has 112 valence electrons. The van der Waals surface area contributed by atoms with Gasteiger partial charge in [-0.2, -0.15) is 0 Å². The molecule has 0 aliphatic carbocycles. The average molecular weight is 302 g/mol. The lowest BCUT2D eigenvalue weighted by atomic mass is 9.99. The number of hydrogen-bond donors (Lipinski definition) is 0. The van der Waals surface area contributed by atoms with Gasteiger partial charge in [-0.05, 0) is 35.9 Å². The highest BCUT2D eigenvalue weighted by molar-refractivity contribution is 5.91. The molecule has 0 atom stereocenters. The van der Waals surface area contributed by atoms with Gasteiger partial charge in [-0.25, -0.2) is 4.79 Å². The van der Waals surface area contributed by atoms with Gasteiger partial charge in [0.15, 0.2) is 0 Å². The molecular weight excluding hydrogens is 288 g/mol. The number of carbonyl (C=O) groups is 1. The van der Waals surface area contributed by atoms with Gasteiger partial charge in [-0.1, -0.05) is 42.5 Å². The van der Waals surface area contributed by atoms with E-state index < -0.39 is 0 Å². The molecule has 1 aliphatic heterocycles. The minimum absolute atomic E-state index is 0.363. The first kappa shape index (κ1) is 13.6. The first-order valence-electron chi connectivity index (χ1n) is 7.46. The molecule has 0 saturated carbocycles. The number of esters is 1. The third kappa shape index (κ3) is 2.57. The molecule has 0 saturated heterocycles. The SMILES string of the molecule is O=C(Oc1cccc2c1Cc1ccccc1O2)c1ccccc1. The highest BCUT2D eigenvalue weighted by Crippen LogP contribution is 2.40. The van der Waals surface area contributed by atoms with Crippen molar-refractivity contribution in [2.45, 2.75) is 6.42 Å².